The van der Waals surface area contributed by atoms with Crippen molar-refractivity contribution in [1.82, 2.24) is 14.5 Å². The number of nitrogens with one attached hydrogen (secondary N) is 1. The number of thioether (sulfide) groups is 1. The molecule has 2 N–H and O–H groups in total. The van der Waals surface area contributed by atoms with Gasteiger partial charge in [0.1, 0.15) is 4.90 Å². The predicted octanol–water partition coefficient (Wildman–Crippen LogP) is 1.47. The van der Waals surface area contributed by atoms with E-state index in [-0.39, 0.29) is 17.5 Å². The molecule has 1 unspecified atom stereocenters. The second-order valence-corrected chi connectivity index (χ2v) is 8.01. The SMILES string of the molecule is CSCCC(O)CNS(=O)(=O)c1c(C)nn(C(C)C)c1C. The Kier molecular flexibility index (Phi) is 6.71. The van der Waals surface area contributed by atoms with Crippen molar-refractivity contribution in [2.45, 2.75) is 51.2 Å². The van der Waals surface area contributed by atoms with Crippen molar-refractivity contribution in [2.75, 3.05) is 18.6 Å². The molecule has 0 radical (unpaired) electrons. The maximum atomic E-state index is 12.4. The zero-order valence-corrected chi connectivity index (χ0v) is 14.9. The summed E-state index contributed by atoms with van der Waals surface area (Å²) >= 11 is 1.62. The molecular formula is C13H25N3O3S2. The van der Waals surface area contributed by atoms with Crippen molar-refractivity contribution in [3.8, 4) is 0 Å². The molecule has 8 heteroatoms. The number of hydrogen-bond acceptors (Lipinski definition) is 5. The fraction of sp³-hybridized carbons (Fsp3) is 0.769. The van der Waals surface area contributed by atoms with Crippen LogP contribution in [-0.2, 0) is 10.0 Å². The second kappa shape index (κ2) is 7.62. The zero-order valence-electron chi connectivity index (χ0n) is 13.3. The molecule has 0 aliphatic carbocycles. The molecule has 0 saturated heterocycles. The number of sulfonamides is 1. The first-order chi connectivity index (χ1) is 9.70. The van der Waals surface area contributed by atoms with Crippen molar-refractivity contribution in [3.63, 3.8) is 0 Å². The predicted molar refractivity (Wildman–Crippen MR) is 86.3 cm³/mol. The molecule has 6 nitrogen and oxygen atoms in total. The average Bonchev–Trinajstić information content (AvgIpc) is 2.70. The van der Waals surface area contributed by atoms with E-state index >= 15 is 0 Å². The van der Waals surface area contributed by atoms with Crippen molar-refractivity contribution in [3.05, 3.63) is 11.4 Å². The van der Waals surface area contributed by atoms with Crippen LogP contribution in [0.15, 0.2) is 4.90 Å². The molecule has 1 rings (SSSR count). The molecule has 122 valence electrons. The highest BCUT2D eigenvalue weighted by Crippen LogP contribution is 2.21. The summed E-state index contributed by atoms with van der Waals surface area (Å²) in [5.41, 5.74) is 1.10. The lowest BCUT2D eigenvalue weighted by Crippen LogP contribution is -2.33. The molecule has 0 bridgehead atoms. The summed E-state index contributed by atoms with van der Waals surface area (Å²) in [7, 11) is -3.65. The van der Waals surface area contributed by atoms with Gasteiger partial charge in [-0.25, -0.2) is 13.1 Å². The van der Waals surface area contributed by atoms with Gasteiger partial charge in [-0.15, -0.1) is 0 Å². The number of hydrogen-bond donors (Lipinski definition) is 2. The van der Waals surface area contributed by atoms with Crippen LogP contribution in [-0.4, -0.2) is 48.0 Å². The van der Waals surface area contributed by atoms with E-state index in [0.29, 0.717) is 17.8 Å². The van der Waals surface area contributed by atoms with Crippen molar-refractivity contribution in [1.29, 1.82) is 0 Å². The Bertz CT molecular complexity index is 567. The topological polar surface area (TPSA) is 84.2 Å². The highest BCUT2D eigenvalue weighted by atomic mass is 32.2. The second-order valence-electron chi connectivity index (χ2n) is 5.33. The molecular weight excluding hydrogens is 310 g/mol. The van der Waals surface area contributed by atoms with E-state index in [4.69, 9.17) is 0 Å². The molecule has 0 fully saturated rings. The van der Waals surface area contributed by atoms with E-state index in [1.807, 2.05) is 20.1 Å². The summed E-state index contributed by atoms with van der Waals surface area (Å²) in [5.74, 6) is 0.798. The van der Waals surface area contributed by atoms with Crippen molar-refractivity contribution >= 4 is 21.8 Å². The van der Waals surface area contributed by atoms with Crippen LogP contribution in [0, 0.1) is 13.8 Å². The fourth-order valence-electron chi connectivity index (χ4n) is 2.17. The number of nitrogens with zero attached hydrogens (tertiary/aromatic N) is 2. The molecule has 0 amide bonds. The lowest BCUT2D eigenvalue weighted by Gasteiger charge is -2.12. The quantitative estimate of drug-likeness (QED) is 0.751. The Morgan fingerprint density at radius 2 is 2.00 bits per heavy atom. The third kappa shape index (κ3) is 4.70. The molecule has 1 atom stereocenters. The summed E-state index contributed by atoms with van der Waals surface area (Å²) in [6, 6.07) is 0.0971. The van der Waals surface area contributed by atoms with Gasteiger partial charge in [-0.1, -0.05) is 0 Å². The summed E-state index contributed by atoms with van der Waals surface area (Å²) in [4.78, 5) is 0.216. The van der Waals surface area contributed by atoms with Crippen LogP contribution < -0.4 is 4.72 Å². The fourth-order valence-corrected chi connectivity index (χ4v) is 4.15. The van der Waals surface area contributed by atoms with Crippen molar-refractivity contribution < 1.29 is 13.5 Å². The van der Waals surface area contributed by atoms with E-state index in [1.54, 1.807) is 30.3 Å². The molecule has 1 heterocycles. The largest absolute Gasteiger partial charge is 0.392 e. The summed E-state index contributed by atoms with van der Waals surface area (Å²) in [5, 5.41) is 14.0. The number of aliphatic hydroxyl groups is 1. The Morgan fingerprint density at radius 3 is 2.48 bits per heavy atom. The minimum Gasteiger partial charge on any atom is -0.392 e. The van der Waals surface area contributed by atoms with Gasteiger partial charge >= 0.3 is 0 Å². The maximum Gasteiger partial charge on any atom is 0.244 e. The summed E-state index contributed by atoms with van der Waals surface area (Å²) in [6.45, 7) is 7.36. The van der Waals surface area contributed by atoms with Crippen LogP contribution in [0.5, 0.6) is 0 Å². The highest BCUT2D eigenvalue weighted by Gasteiger charge is 2.25. The molecule has 0 spiro atoms. The number of aliphatic hydroxyl groups excluding tert-OH is 1. The van der Waals surface area contributed by atoms with E-state index < -0.39 is 16.1 Å². The summed E-state index contributed by atoms with van der Waals surface area (Å²) < 4.78 is 29.0. The van der Waals surface area contributed by atoms with Gasteiger partial charge in [-0.3, -0.25) is 4.68 Å². The Labute approximate surface area is 131 Å². The van der Waals surface area contributed by atoms with Gasteiger partial charge in [0.05, 0.1) is 17.5 Å². The molecule has 1 aromatic heterocycles. The van der Waals surface area contributed by atoms with Crippen LogP contribution in [0.4, 0.5) is 0 Å². The van der Waals surface area contributed by atoms with Gasteiger partial charge < -0.3 is 5.11 Å². The first-order valence-corrected chi connectivity index (χ1v) is 9.80. The van der Waals surface area contributed by atoms with E-state index in [2.05, 4.69) is 9.82 Å². The van der Waals surface area contributed by atoms with Gasteiger partial charge in [0.15, 0.2) is 0 Å². The molecule has 0 aliphatic heterocycles. The monoisotopic (exact) mass is 335 g/mol. The third-order valence-corrected chi connectivity index (χ3v) is 5.50. The van der Waals surface area contributed by atoms with Gasteiger partial charge in [0.25, 0.3) is 0 Å². The van der Waals surface area contributed by atoms with Gasteiger partial charge in [-0.05, 0) is 46.1 Å². The standard InChI is InChI=1S/C13H25N3O3S2/c1-9(2)16-11(4)13(10(3)15-16)21(18,19)14-8-12(17)6-7-20-5/h9,12,14,17H,6-8H2,1-5H3. The van der Waals surface area contributed by atoms with Gasteiger partial charge in [0, 0.05) is 12.6 Å². The smallest absolute Gasteiger partial charge is 0.244 e. The molecule has 1 aromatic rings. The highest BCUT2D eigenvalue weighted by molar-refractivity contribution is 7.98. The van der Waals surface area contributed by atoms with E-state index in [0.717, 1.165) is 5.75 Å². The lowest BCUT2D eigenvalue weighted by atomic mass is 10.3. The molecule has 21 heavy (non-hydrogen) atoms. The number of aryl methyl sites for hydroxylation is 1. The lowest BCUT2D eigenvalue weighted by molar-refractivity contribution is 0.175. The number of aromatic nitrogens is 2. The van der Waals surface area contributed by atoms with E-state index in [9.17, 15) is 13.5 Å². The maximum absolute atomic E-state index is 12.4. The minimum absolute atomic E-state index is 0.0225. The summed E-state index contributed by atoms with van der Waals surface area (Å²) in [6.07, 6.45) is 1.84. The minimum atomic E-state index is -3.65. The van der Waals surface area contributed by atoms with Crippen molar-refractivity contribution in [2.24, 2.45) is 0 Å². The molecule has 0 aliphatic rings. The van der Waals surface area contributed by atoms with Crippen LogP contribution in [0.2, 0.25) is 0 Å². The van der Waals surface area contributed by atoms with Crippen LogP contribution in [0.1, 0.15) is 37.7 Å². The van der Waals surface area contributed by atoms with Crippen LogP contribution >= 0.6 is 11.8 Å². The molecule has 0 saturated carbocycles. The third-order valence-electron chi connectivity index (χ3n) is 3.18. The Hall–Kier alpha value is -0.570. The number of rotatable bonds is 8. The van der Waals surface area contributed by atoms with E-state index in [1.165, 1.54) is 0 Å². The van der Waals surface area contributed by atoms with Crippen LogP contribution in [0.3, 0.4) is 0 Å². The normalized spacial score (nSPS) is 13.9. The zero-order chi connectivity index (χ0) is 16.2. The Morgan fingerprint density at radius 1 is 1.38 bits per heavy atom. The average molecular weight is 335 g/mol. The van der Waals surface area contributed by atoms with Gasteiger partial charge in [-0.2, -0.15) is 16.9 Å². The van der Waals surface area contributed by atoms with Crippen LogP contribution in [0.25, 0.3) is 0 Å². The first-order valence-electron chi connectivity index (χ1n) is 6.93. The van der Waals surface area contributed by atoms with Gasteiger partial charge in [0.2, 0.25) is 10.0 Å². The first kappa shape index (κ1) is 18.5. The Balaban J connectivity index is 2.89. The molecule has 0 aromatic carbocycles.